The Balaban J connectivity index is 1.45. The summed E-state index contributed by atoms with van der Waals surface area (Å²) in [5.74, 6) is 1.45. The van der Waals surface area contributed by atoms with Crippen molar-refractivity contribution in [3.63, 3.8) is 0 Å². The maximum absolute atomic E-state index is 11.6. The van der Waals surface area contributed by atoms with Crippen LogP contribution in [0.5, 0.6) is 0 Å². The summed E-state index contributed by atoms with van der Waals surface area (Å²) in [6.07, 6.45) is 5.86. The summed E-state index contributed by atoms with van der Waals surface area (Å²) < 4.78 is 6.33. The van der Waals surface area contributed by atoms with E-state index in [0.717, 1.165) is 49.4 Å². The zero-order valence-corrected chi connectivity index (χ0v) is 15.5. The summed E-state index contributed by atoms with van der Waals surface area (Å²) in [6, 6.07) is 11.6. The van der Waals surface area contributed by atoms with Crippen LogP contribution in [0.3, 0.4) is 0 Å². The van der Waals surface area contributed by atoms with Crippen molar-refractivity contribution in [2.45, 2.75) is 24.9 Å². The van der Waals surface area contributed by atoms with E-state index in [9.17, 15) is 4.79 Å². The van der Waals surface area contributed by atoms with Crippen molar-refractivity contribution in [1.82, 2.24) is 19.9 Å². The lowest BCUT2D eigenvalue weighted by Gasteiger charge is -2.44. The Hall–Kier alpha value is -3.06. The van der Waals surface area contributed by atoms with Gasteiger partial charge in [-0.25, -0.2) is 15.0 Å². The first kappa shape index (κ1) is 17.1. The molecule has 4 heterocycles. The molecule has 1 saturated heterocycles. The van der Waals surface area contributed by atoms with Gasteiger partial charge in [-0.2, -0.15) is 0 Å². The molecule has 7 heteroatoms. The molecule has 1 N–H and O–H groups in total. The topological polar surface area (TPSA) is 84.0 Å². The number of rotatable bonds is 2. The number of piperidine rings is 1. The molecule has 1 aromatic carbocycles. The van der Waals surface area contributed by atoms with E-state index < -0.39 is 5.60 Å². The molecule has 1 spiro atoms. The fraction of sp³-hybridized carbons (Fsp3) is 0.333. The van der Waals surface area contributed by atoms with Gasteiger partial charge in [-0.1, -0.05) is 30.3 Å². The molecule has 0 radical (unpaired) electrons. The first-order chi connectivity index (χ1) is 13.7. The molecule has 0 amide bonds. The summed E-state index contributed by atoms with van der Waals surface area (Å²) in [5, 5.41) is 0. The average Bonchev–Trinajstić information content (AvgIpc) is 2.75. The summed E-state index contributed by atoms with van der Waals surface area (Å²) in [5.41, 5.74) is 2.68. The Morgan fingerprint density at radius 1 is 1.11 bits per heavy atom. The number of ether oxygens (including phenoxy) is 1. The minimum atomic E-state index is -0.391. The van der Waals surface area contributed by atoms with Gasteiger partial charge in [-0.05, 0) is 24.8 Å². The molecule has 0 unspecified atom stereocenters. The van der Waals surface area contributed by atoms with Crippen LogP contribution in [0, 0.1) is 0 Å². The minimum Gasteiger partial charge on any atom is -0.368 e. The predicted molar refractivity (Wildman–Crippen MR) is 105 cm³/mol. The number of aromatic amines is 1. The zero-order chi connectivity index (χ0) is 19.0. The van der Waals surface area contributed by atoms with E-state index in [4.69, 9.17) is 9.72 Å². The number of nitrogens with one attached hydrogen (secondary N) is 1. The van der Waals surface area contributed by atoms with E-state index in [1.807, 2.05) is 36.5 Å². The minimum absolute atomic E-state index is 0.134. The van der Waals surface area contributed by atoms with Crippen molar-refractivity contribution in [3.05, 3.63) is 70.5 Å². The lowest BCUT2D eigenvalue weighted by molar-refractivity contribution is -0.0801. The standard InChI is InChI=1S/C21H21N5O2/c27-18-12-17(23-14-24-18)26-9-7-21(8-10-26)19-16(6-11-28-21)13-22-20(25-19)15-4-2-1-3-5-15/h1-5,12-14H,6-11H2,(H,23,24,27). The molecule has 0 saturated carbocycles. The molecule has 0 bridgehead atoms. The Bertz CT molecular complexity index is 1040. The number of aromatic nitrogens is 4. The monoisotopic (exact) mass is 375 g/mol. The van der Waals surface area contributed by atoms with E-state index in [-0.39, 0.29) is 5.56 Å². The van der Waals surface area contributed by atoms with Crippen LogP contribution in [-0.4, -0.2) is 39.6 Å². The molecule has 5 rings (SSSR count). The Morgan fingerprint density at radius 3 is 2.71 bits per heavy atom. The third-order valence-corrected chi connectivity index (χ3v) is 5.64. The normalized spacial score (nSPS) is 18.1. The van der Waals surface area contributed by atoms with E-state index >= 15 is 0 Å². The lowest BCUT2D eigenvalue weighted by atomic mass is 9.83. The Labute approximate surface area is 162 Å². The molecule has 0 aliphatic carbocycles. The van der Waals surface area contributed by atoms with Gasteiger partial charge >= 0.3 is 0 Å². The third kappa shape index (κ3) is 2.97. The van der Waals surface area contributed by atoms with Crippen molar-refractivity contribution in [3.8, 4) is 11.4 Å². The van der Waals surface area contributed by atoms with Crippen LogP contribution in [0.1, 0.15) is 24.1 Å². The molecular weight excluding hydrogens is 354 g/mol. The molecule has 2 aliphatic heterocycles. The number of hydrogen-bond donors (Lipinski definition) is 1. The second-order valence-corrected chi connectivity index (χ2v) is 7.28. The molecule has 28 heavy (non-hydrogen) atoms. The number of benzene rings is 1. The van der Waals surface area contributed by atoms with Gasteiger partial charge in [0.05, 0.1) is 18.6 Å². The first-order valence-electron chi connectivity index (χ1n) is 9.59. The van der Waals surface area contributed by atoms with Gasteiger partial charge in [0, 0.05) is 30.9 Å². The summed E-state index contributed by atoms with van der Waals surface area (Å²) in [4.78, 5) is 30.1. The predicted octanol–water partition coefficient (Wildman–Crippen LogP) is 2.30. The van der Waals surface area contributed by atoms with E-state index in [1.165, 1.54) is 11.9 Å². The van der Waals surface area contributed by atoms with Gasteiger partial charge in [0.2, 0.25) is 0 Å². The van der Waals surface area contributed by atoms with Gasteiger partial charge in [0.15, 0.2) is 5.82 Å². The maximum atomic E-state index is 11.6. The highest BCUT2D eigenvalue weighted by molar-refractivity contribution is 5.55. The van der Waals surface area contributed by atoms with Crippen molar-refractivity contribution >= 4 is 5.82 Å². The Morgan fingerprint density at radius 2 is 1.93 bits per heavy atom. The highest BCUT2D eigenvalue weighted by Crippen LogP contribution is 2.41. The van der Waals surface area contributed by atoms with Gasteiger partial charge in [-0.3, -0.25) is 4.79 Å². The van der Waals surface area contributed by atoms with Crippen LogP contribution < -0.4 is 10.5 Å². The molecular formula is C21H21N5O2. The maximum Gasteiger partial charge on any atom is 0.252 e. The van der Waals surface area contributed by atoms with Crippen molar-refractivity contribution < 1.29 is 4.74 Å². The van der Waals surface area contributed by atoms with Crippen LogP contribution in [0.25, 0.3) is 11.4 Å². The summed E-state index contributed by atoms with van der Waals surface area (Å²) >= 11 is 0. The van der Waals surface area contributed by atoms with Crippen LogP contribution in [0.4, 0.5) is 5.82 Å². The zero-order valence-electron chi connectivity index (χ0n) is 15.5. The molecule has 0 atom stereocenters. The summed E-state index contributed by atoms with van der Waals surface area (Å²) in [6.45, 7) is 2.21. The van der Waals surface area contributed by atoms with Gasteiger partial charge < -0.3 is 14.6 Å². The quantitative estimate of drug-likeness (QED) is 0.740. The van der Waals surface area contributed by atoms with Crippen molar-refractivity contribution in [2.24, 2.45) is 0 Å². The number of anilines is 1. The van der Waals surface area contributed by atoms with E-state index in [0.29, 0.717) is 12.4 Å². The summed E-state index contributed by atoms with van der Waals surface area (Å²) in [7, 11) is 0. The molecule has 2 aliphatic rings. The van der Waals surface area contributed by atoms with Gasteiger partial charge in [0.1, 0.15) is 11.4 Å². The second kappa shape index (κ2) is 6.83. The molecule has 7 nitrogen and oxygen atoms in total. The SMILES string of the molecule is O=c1cc(N2CCC3(CC2)OCCc2cnc(-c4ccccc4)nc23)nc[nH]1. The number of nitrogens with zero attached hydrogens (tertiary/aromatic N) is 4. The van der Waals surface area contributed by atoms with Crippen LogP contribution in [0.15, 0.2) is 53.7 Å². The first-order valence-corrected chi connectivity index (χ1v) is 9.59. The smallest absolute Gasteiger partial charge is 0.252 e. The largest absolute Gasteiger partial charge is 0.368 e. The van der Waals surface area contributed by atoms with Gasteiger partial charge in [-0.15, -0.1) is 0 Å². The highest BCUT2D eigenvalue weighted by atomic mass is 16.5. The van der Waals surface area contributed by atoms with Crippen LogP contribution >= 0.6 is 0 Å². The van der Waals surface area contributed by atoms with Crippen molar-refractivity contribution in [1.29, 1.82) is 0 Å². The molecule has 142 valence electrons. The molecule has 3 aromatic rings. The third-order valence-electron chi connectivity index (χ3n) is 5.64. The van der Waals surface area contributed by atoms with Crippen LogP contribution in [-0.2, 0) is 16.8 Å². The number of fused-ring (bicyclic) bond motifs is 2. The second-order valence-electron chi connectivity index (χ2n) is 7.28. The molecule has 1 fully saturated rings. The lowest BCUT2D eigenvalue weighted by Crippen LogP contribution is -2.47. The van der Waals surface area contributed by atoms with E-state index in [1.54, 1.807) is 6.07 Å². The van der Waals surface area contributed by atoms with Crippen molar-refractivity contribution in [2.75, 3.05) is 24.6 Å². The fourth-order valence-electron chi connectivity index (χ4n) is 4.14. The fourth-order valence-corrected chi connectivity index (χ4v) is 4.14. The average molecular weight is 375 g/mol. The highest BCUT2D eigenvalue weighted by Gasteiger charge is 2.42. The van der Waals surface area contributed by atoms with Gasteiger partial charge in [0.25, 0.3) is 5.56 Å². The van der Waals surface area contributed by atoms with Crippen LogP contribution in [0.2, 0.25) is 0 Å². The van der Waals surface area contributed by atoms with E-state index in [2.05, 4.69) is 19.9 Å². The Kier molecular flexibility index (Phi) is 4.16. The molecule has 2 aromatic heterocycles. The number of H-pyrrole nitrogens is 1. The number of hydrogen-bond acceptors (Lipinski definition) is 6.